The normalized spacial score (nSPS) is 8.57. The molecule has 0 amide bonds. The molecule has 1 heterocycles. The summed E-state index contributed by atoms with van der Waals surface area (Å²) in [4.78, 5) is 24.0. The van der Waals surface area contributed by atoms with Crippen molar-refractivity contribution < 1.29 is 9.90 Å². The molecule has 0 aromatic carbocycles. The van der Waals surface area contributed by atoms with E-state index in [2.05, 4.69) is 4.98 Å². The lowest BCUT2D eigenvalue weighted by Gasteiger charge is -1.98. The van der Waals surface area contributed by atoms with Crippen molar-refractivity contribution in [1.29, 1.82) is 5.26 Å². The summed E-state index contributed by atoms with van der Waals surface area (Å²) in [6.45, 7) is 1.55. The van der Waals surface area contributed by atoms with E-state index in [0.717, 1.165) is 0 Å². The van der Waals surface area contributed by atoms with Crippen LogP contribution in [0.2, 0.25) is 0 Å². The van der Waals surface area contributed by atoms with Gasteiger partial charge >= 0.3 is 5.97 Å². The average Bonchev–Trinajstić information content (AvgIpc) is 2.02. The predicted octanol–water partition coefficient (Wildman–Crippen LogP) is 0.415. The molecule has 0 fully saturated rings. The summed E-state index contributed by atoms with van der Waals surface area (Å²) in [7, 11) is 0. The second-order valence-electron chi connectivity index (χ2n) is 2.49. The maximum absolute atomic E-state index is 11.1. The van der Waals surface area contributed by atoms with Crippen LogP contribution in [0.15, 0.2) is 10.9 Å². The lowest BCUT2D eigenvalue weighted by atomic mass is 10.1. The molecule has 0 radical (unpaired) electrons. The first-order valence-corrected chi connectivity index (χ1v) is 3.43. The monoisotopic (exact) mass is 195 g/mol. The standard InChI is InChI=1S/C8H6N2O3.H3N/c1-4-2-5(8(12)13)6(3-9)7(11)10-4;/h2H,1H3,(H,10,11)(H,12,13);1H3. The van der Waals surface area contributed by atoms with E-state index in [0.29, 0.717) is 5.69 Å². The van der Waals surface area contributed by atoms with E-state index in [9.17, 15) is 9.59 Å². The number of rotatable bonds is 1. The van der Waals surface area contributed by atoms with Gasteiger partial charge in [-0.3, -0.25) is 4.79 Å². The topological polar surface area (TPSA) is 129 Å². The summed E-state index contributed by atoms with van der Waals surface area (Å²) in [5.41, 5.74) is -0.872. The van der Waals surface area contributed by atoms with Gasteiger partial charge in [0.1, 0.15) is 11.6 Å². The van der Waals surface area contributed by atoms with Gasteiger partial charge in [-0.1, -0.05) is 0 Å². The van der Waals surface area contributed by atoms with Crippen LogP contribution in [-0.4, -0.2) is 16.1 Å². The van der Waals surface area contributed by atoms with E-state index in [1.807, 2.05) is 0 Å². The number of carboxylic acid groups (broad SMARTS) is 1. The molecule has 0 spiro atoms. The maximum atomic E-state index is 11.1. The van der Waals surface area contributed by atoms with Gasteiger partial charge in [0.2, 0.25) is 0 Å². The number of aromatic nitrogens is 1. The van der Waals surface area contributed by atoms with E-state index in [1.165, 1.54) is 6.07 Å². The number of aromatic amines is 1. The minimum atomic E-state index is -1.27. The van der Waals surface area contributed by atoms with Crippen molar-refractivity contribution in [2.24, 2.45) is 0 Å². The fourth-order valence-corrected chi connectivity index (χ4v) is 0.968. The largest absolute Gasteiger partial charge is 0.478 e. The summed E-state index contributed by atoms with van der Waals surface area (Å²) in [6, 6.07) is 2.80. The van der Waals surface area contributed by atoms with Crippen LogP contribution < -0.4 is 11.7 Å². The molecule has 1 rings (SSSR count). The van der Waals surface area contributed by atoms with Gasteiger partial charge in [-0.25, -0.2) is 4.79 Å². The van der Waals surface area contributed by atoms with Crippen LogP contribution in [0.5, 0.6) is 0 Å². The second kappa shape index (κ2) is 4.20. The number of carboxylic acids is 1. The first-order valence-electron chi connectivity index (χ1n) is 3.43. The van der Waals surface area contributed by atoms with Crippen LogP contribution >= 0.6 is 0 Å². The zero-order valence-corrected chi connectivity index (χ0v) is 7.50. The molecule has 0 saturated heterocycles. The van der Waals surface area contributed by atoms with Crippen molar-refractivity contribution in [2.75, 3.05) is 0 Å². The van der Waals surface area contributed by atoms with Gasteiger partial charge in [-0.05, 0) is 13.0 Å². The van der Waals surface area contributed by atoms with Gasteiger partial charge in [0.15, 0.2) is 0 Å². The van der Waals surface area contributed by atoms with Crippen LogP contribution in [0.3, 0.4) is 0 Å². The molecule has 0 aliphatic rings. The fourth-order valence-electron chi connectivity index (χ4n) is 0.968. The number of hydrogen-bond donors (Lipinski definition) is 3. The van der Waals surface area contributed by atoms with Crippen LogP contribution in [0.1, 0.15) is 21.6 Å². The van der Waals surface area contributed by atoms with Crippen LogP contribution in [0, 0.1) is 18.3 Å². The number of nitriles is 1. The molecule has 0 aliphatic heterocycles. The lowest BCUT2D eigenvalue weighted by molar-refractivity contribution is 0.0696. The van der Waals surface area contributed by atoms with Crippen molar-refractivity contribution in [3.8, 4) is 6.07 Å². The number of nitrogens with one attached hydrogen (secondary N) is 1. The van der Waals surface area contributed by atoms with Gasteiger partial charge in [-0.2, -0.15) is 5.26 Å². The zero-order chi connectivity index (χ0) is 10.0. The molecule has 0 bridgehead atoms. The van der Waals surface area contributed by atoms with Crippen molar-refractivity contribution >= 4 is 5.97 Å². The SMILES string of the molecule is Cc1cc(C(=O)O)c(C#N)c(=O)[nH]1.N. The molecule has 1 aromatic rings. The highest BCUT2D eigenvalue weighted by atomic mass is 16.4. The van der Waals surface area contributed by atoms with Gasteiger partial charge in [0.05, 0.1) is 5.56 Å². The second-order valence-corrected chi connectivity index (χ2v) is 2.49. The molecule has 6 nitrogen and oxygen atoms in total. The Balaban J connectivity index is 0.00000169. The Morgan fingerprint density at radius 1 is 1.64 bits per heavy atom. The van der Waals surface area contributed by atoms with Crippen LogP contribution in [0.4, 0.5) is 0 Å². The number of hydrogen-bond acceptors (Lipinski definition) is 4. The van der Waals surface area contributed by atoms with Gasteiger partial charge < -0.3 is 16.2 Å². The third-order valence-corrected chi connectivity index (χ3v) is 1.51. The predicted molar refractivity (Wildman–Crippen MR) is 48.5 cm³/mol. The minimum absolute atomic E-state index is 0. The Labute approximate surface area is 79.4 Å². The number of H-pyrrole nitrogens is 1. The first kappa shape index (κ1) is 11.9. The third kappa shape index (κ3) is 1.97. The number of aromatic carboxylic acids is 1. The highest BCUT2D eigenvalue weighted by Crippen LogP contribution is 2.03. The molecule has 0 atom stereocenters. The Morgan fingerprint density at radius 2 is 2.21 bits per heavy atom. The number of aryl methyl sites for hydroxylation is 1. The molecule has 0 aliphatic carbocycles. The molecule has 6 heteroatoms. The summed E-state index contributed by atoms with van der Waals surface area (Å²) in [6.07, 6.45) is 0. The third-order valence-electron chi connectivity index (χ3n) is 1.51. The Kier molecular flexibility index (Phi) is 3.56. The maximum Gasteiger partial charge on any atom is 0.337 e. The molecule has 0 unspecified atom stereocenters. The number of pyridine rings is 1. The van der Waals surface area contributed by atoms with E-state index in [1.54, 1.807) is 13.0 Å². The van der Waals surface area contributed by atoms with Crippen LogP contribution in [-0.2, 0) is 0 Å². The average molecular weight is 195 g/mol. The quantitative estimate of drug-likeness (QED) is 0.597. The van der Waals surface area contributed by atoms with Crippen molar-refractivity contribution in [3.05, 3.63) is 33.2 Å². The first-order chi connectivity index (χ1) is 6.06. The number of nitrogens with zero attached hydrogens (tertiary/aromatic N) is 1. The highest BCUT2D eigenvalue weighted by Gasteiger charge is 2.13. The van der Waals surface area contributed by atoms with Crippen molar-refractivity contribution in [1.82, 2.24) is 11.1 Å². The molecular weight excluding hydrogens is 186 g/mol. The Morgan fingerprint density at radius 3 is 2.64 bits per heavy atom. The van der Waals surface area contributed by atoms with Crippen molar-refractivity contribution in [2.45, 2.75) is 6.92 Å². The fraction of sp³-hybridized carbons (Fsp3) is 0.125. The molecule has 14 heavy (non-hydrogen) atoms. The number of carbonyl (C=O) groups is 1. The molecule has 0 saturated carbocycles. The lowest BCUT2D eigenvalue weighted by Crippen LogP contribution is -2.17. The summed E-state index contributed by atoms with van der Waals surface area (Å²) >= 11 is 0. The summed E-state index contributed by atoms with van der Waals surface area (Å²) in [5, 5.41) is 17.1. The van der Waals surface area contributed by atoms with E-state index < -0.39 is 11.5 Å². The molecule has 5 N–H and O–H groups in total. The zero-order valence-electron chi connectivity index (χ0n) is 7.50. The molecular formula is C8H9N3O3. The smallest absolute Gasteiger partial charge is 0.337 e. The summed E-state index contributed by atoms with van der Waals surface area (Å²) < 4.78 is 0. The Bertz CT molecular complexity index is 456. The van der Waals surface area contributed by atoms with Gasteiger partial charge in [0.25, 0.3) is 5.56 Å². The van der Waals surface area contributed by atoms with Crippen molar-refractivity contribution in [3.63, 3.8) is 0 Å². The minimum Gasteiger partial charge on any atom is -0.478 e. The summed E-state index contributed by atoms with van der Waals surface area (Å²) in [5.74, 6) is -1.27. The van der Waals surface area contributed by atoms with Crippen LogP contribution in [0.25, 0.3) is 0 Å². The molecule has 1 aromatic heterocycles. The van der Waals surface area contributed by atoms with Gasteiger partial charge in [-0.15, -0.1) is 0 Å². The van der Waals surface area contributed by atoms with Gasteiger partial charge in [0, 0.05) is 5.69 Å². The van der Waals surface area contributed by atoms with E-state index in [4.69, 9.17) is 10.4 Å². The Hall–Kier alpha value is -2.13. The van der Waals surface area contributed by atoms with E-state index >= 15 is 0 Å². The van der Waals surface area contributed by atoms with E-state index in [-0.39, 0.29) is 17.3 Å². The highest BCUT2D eigenvalue weighted by molar-refractivity contribution is 5.90. The molecule has 74 valence electrons.